The van der Waals surface area contributed by atoms with Gasteiger partial charge >= 0.3 is 0 Å². The summed E-state index contributed by atoms with van der Waals surface area (Å²) in [4.78, 5) is 12.5. The minimum Gasteiger partial charge on any atom is -0.361 e. The highest BCUT2D eigenvalue weighted by molar-refractivity contribution is 7.85. The molecule has 4 aromatic heterocycles. The van der Waals surface area contributed by atoms with Crippen molar-refractivity contribution in [2.45, 2.75) is 0 Å². The van der Waals surface area contributed by atoms with Gasteiger partial charge in [0, 0.05) is 46.9 Å². The van der Waals surface area contributed by atoms with Gasteiger partial charge in [0.25, 0.3) is 10.1 Å². The van der Waals surface area contributed by atoms with Gasteiger partial charge in [-0.15, -0.1) is 0 Å². The highest BCUT2D eigenvalue weighted by atomic mass is 32.2. The maximum atomic E-state index is 9.19. The predicted molar refractivity (Wildman–Crippen MR) is 171 cm³/mol. The molecule has 8 heteroatoms. The molecular weight excluding hydrogens is 532 g/mol. The fourth-order valence-corrected chi connectivity index (χ4v) is 3.98. The quantitative estimate of drug-likeness (QED) is 0.120. The van der Waals surface area contributed by atoms with Crippen LogP contribution in [0.4, 0.5) is 0 Å². The van der Waals surface area contributed by atoms with E-state index >= 15 is 0 Å². The van der Waals surface area contributed by atoms with Crippen LogP contribution in [0.3, 0.4) is 0 Å². The van der Waals surface area contributed by atoms with Crippen molar-refractivity contribution in [3.63, 3.8) is 0 Å². The molecule has 0 atom stereocenters. The van der Waals surface area contributed by atoms with Crippen LogP contribution < -0.4 is 0 Å². The monoisotopic (exact) mass is 564 g/mol. The summed E-state index contributed by atoms with van der Waals surface area (Å²) in [6.07, 6.45) is 8.51. The van der Waals surface area contributed by atoms with Crippen LogP contribution in [0, 0.1) is 0 Å². The zero-order valence-electron chi connectivity index (χ0n) is 22.5. The second-order valence-corrected chi connectivity index (χ2v) is 10.5. The van der Waals surface area contributed by atoms with Crippen molar-refractivity contribution in [3.8, 4) is 0 Å². The maximum Gasteiger partial charge on any atom is 0.261 e. The molecule has 0 radical (unpaired) electrons. The third kappa shape index (κ3) is 9.58. The van der Waals surface area contributed by atoms with Crippen molar-refractivity contribution in [2.75, 3.05) is 6.26 Å². The number of nitrogens with one attached hydrogen (secondary N) is 4. The molecule has 0 fully saturated rings. The first-order valence-electron chi connectivity index (χ1n) is 12.9. The average molecular weight is 565 g/mol. The lowest BCUT2D eigenvalue weighted by molar-refractivity contribution is 0.490. The molecule has 208 valence electrons. The summed E-state index contributed by atoms with van der Waals surface area (Å²) >= 11 is 0. The molecule has 0 spiro atoms. The van der Waals surface area contributed by atoms with Crippen molar-refractivity contribution in [2.24, 2.45) is 0 Å². The fraction of sp³-hybridized carbons (Fsp3) is 0.0303. The SMILES string of the molecule is CS(=O)(=O)O.c1ccc2[nH]ccc2c1.c1ccc2[nH]ccc2c1.c1ccc2[nH]ccc2c1.c1ccc2[nH]ccc2c1. The van der Waals surface area contributed by atoms with Crippen LogP contribution in [-0.2, 0) is 10.1 Å². The molecule has 0 unspecified atom stereocenters. The summed E-state index contributed by atoms with van der Waals surface area (Å²) in [5.74, 6) is 0. The Morgan fingerprint density at radius 3 is 0.805 bits per heavy atom. The number of benzene rings is 4. The fourth-order valence-electron chi connectivity index (χ4n) is 3.98. The van der Waals surface area contributed by atoms with Gasteiger partial charge in [-0.25, -0.2) is 0 Å². The van der Waals surface area contributed by atoms with Gasteiger partial charge in [0.2, 0.25) is 0 Å². The summed E-state index contributed by atoms with van der Waals surface area (Å²) in [5, 5.41) is 5.10. The smallest absolute Gasteiger partial charge is 0.261 e. The summed E-state index contributed by atoms with van der Waals surface area (Å²) in [7, 11) is -3.67. The van der Waals surface area contributed by atoms with E-state index in [2.05, 4.69) is 92.7 Å². The first-order valence-corrected chi connectivity index (χ1v) is 14.7. The standard InChI is InChI=1S/4C8H7N.CH4O3S/c4*1-2-4-8-7(3-1)5-6-9-8;1-5(2,3)4/h4*1-6,9H;1H3,(H,2,3,4). The van der Waals surface area contributed by atoms with Gasteiger partial charge in [-0.3, -0.25) is 4.55 Å². The second-order valence-electron chi connectivity index (χ2n) is 8.99. The molecule has 7 nitrogen and oxygen atoms in total. The number of H-pyrrole nitrogens is 4. The number of hydrogen-bond acceptors (Lipinski definition) is 2. The van der Waals surface area contributed by atoms with Gasteiger partial charge < -0.3 is 19.9 Å². The summed E-state index contributed by atoms with van der Waals surface area (Å²) in [6.45, 7) is 0. The van der Waals surface area contributed by atoms with E-state index in [0.717, 1.165) is 0 Å². The van der Waals surface area contributed by atoms with E-state index in [9.17, 15) is 8.42 Å². The predicted octanol–water partition coefficient (Wildman–Crippen LogP) is 8.18. The van der Waals surface area contributed by atoms with Crippen LogP contribution in [-0.4, -0.2) is 39.2 Å². The van der Waals surface area contributed by atoms with E-state index in [-0.39, 0.29) is 0 Å². The molecule has 0 aliphatic carbocycles. The summed E-state index contributed by atoms with van der Waals surface area (Å²) in [5.41, 5.74) is 4.82. The molecule has 4 aromatic carbocycles. The van der Waals surface area contributed by atoms with Crippen LogP contribution in [0.15, 0.2) is 146 Å². The van der Waals surface area contributed by atoms with Crippen LogP contribution >= 0.6 is 0 Å². The van der Waals surface area contributed by atoms with E-state index in [1.807, 2.05) is 73.3 Å². The molecular formula is C33H32N4O3S. The molecule has 5 N–H and O–H groups in total. The van der Waals surface area contributed by atoms with Gasteiger partial charge in [0.15, 0.2) is 0 Å². The number of rotatable bonds is 0. The Bertz CT molecular complexity index is 1620. The molecule has 8 rings (SSSR count). The van der Waals surface area contributed by atoms with Crippen molar-refractivity contribution in [1.29, 1.82) is 0 Å². The third-order valence-electron chi connectivity index (χ3n) is 5.85. The largest absolute Gasteiger partial charge is 0.361 e. The Balaban J connectivity index is 0.000000120. The number of fused-ring (bicyclic) bond motifs is 4. The minimum atomic E-state index is -3.67. The zero-order chi connectivity index (χ0) is 28.9. The van der Waals surface area contributed by atoms with Gasteiger partial charge in [0.1, 0.15) is 0 Å². The van der Waals surface area contributed by atoms with E-state index < -0.39 is 10.1 Å². The lowest BCUT2D eigenvalue weighted by Crippen LogP contribution is -1.88. The van der Waals surface area contributed by atoms with Gasteiger partial charge in [-0.05, 0) is 70.1 Å². The summed E-state index contributed by atoms with van der Waals surface area (Å²) in [6, 6.07) is 41.1. The first kappa shape index (κ1) is 28.9. The van der Waals surface area contributed by atoms with E-state index in [1.165, 1.54) is 43.6 Å². The maximum absolute atomic E-state index is 9.19. The van der Waals surface area contributed by atoms with Gasteiger partial charge in [-0.2, -0.15) is 8.42 Å². The van der Waals surface area contributed by atoms with E-state index in [0.29, 0.717) is 6.26 Å². The number of hydrogen-bond donors (Lipinski definition) is 5. The Kier molecular flexibility index (Phi) is 10.1. The molecule has 0 aliphatic heterocycles. The third-order valence-corrected chi connectivity index (χ3v) is 5.85. The first-order chi connectivity index (χ1) is 19.9. The highest BCUT2D eigenvalue weighted by Gasteiger charge is 1.89. The molecule has 4 heterocycles. The topological polar surface area (TPSA) is 118 Å². The average Bonchev–Trinajstić information content (AvgIpc) is 3.79. The lowest BCUT2D eigenvalue weighted by atomic mass is 10.3. The van der Waals surface area contributed by atoms with Crippen LogP contribution in [0.25, 0.3) is 43.6 Å². The molecule has 0 amide bonds. The molecule has 0 saturated heterocycles. The van der Waals surface area contributed by atoms with Crippen molar-refractivity contribution >= 4 is 53.7 Å². The van der Waals surface area contributed by atoms with Crippen LogP contribution in [0.5, 0.6) is 0 Å². The van der Waals surface area contributed by atoms with E-state index in [1.54, 1.807) is 0 Å². The Morgan fingerprint density at radius 2 is 0.610 bits per heavy atom. The molecule has 8 aromatic rings. The molecule has 0 aliphatic rings. The normalized spacial score (nSPS) is 10.4. The van der Waals surface area contributed by atoms with Crippen LogP contribution in [0.2, 0.25) is 0 Å². The van der Waals surface area contributed by atoms with Crippen molar-refractivity contribution < 1.29 is 13.0 Å². The Hall–Kier alpha value is -5.05. The van der Waals surface area contributed by atoms with Gasteiger partial charge in [0.05, 0.1) is 6.26 Å². The second kappa shape index (κ2) is 14.4. The van der Waals surface area contributed by atoms with Crippen LogP contribution in [0.1, 0.15) is 0 Å². The highest BCUT2D eigenvalue weighted by Crippen LogP contribution is 2.11. The van der Waals surface area contributed by atoms with Gasteiger partial charge in [-0.1, -0.05) is 72.8 Å². The Morgan fingerprint density at radius 1 is 0.415 bits per heavy atom. The zero-order valence-corrected chi connectivity index (χ0v) is 23.3. The molecule has 0 bridgehead atoms. The van der Waals surface area contributed by atoms with Crippen molar-refractivity contribution in [3.05, 3.63) is 146 Å². The number of para-hydroxylation sites is 4. The van der Waals surface area contributed by atoms with Crippen molar-refractivity contribution in [1.82, 2.24) is 19.9 Å². The summed E-state index contributed by atoms with van der Waals surface area (Å²) < 4.78 is 25.9. The number of aromatic amines is 4. The number of aromatic nitrogens is 4. The minimum absolute atomic E-state index is 0.715. The van der Waals surface area contributed by atoms with E-state index in [4.69, 9.17) is 4.55 Å². The molecule has 41 heavy (non-hydrogen) atoms. The Labute approximate surface area is 238 Å². The molecule has 0 saturated carbocycles. The lowest BCUT2D eigenvalue weighted by Gasteiger charge is -1.83.